The summed E-state index contributed by atoms with van der Waals surface area (Å²) in [6, 6.07) is 21.0. The number of rotatable bonds is 5. The number of carbonyl (C=O) groups is 1. The third kappa shape index (κ3) is 4.07. The molecule has 7 heteroatoms. The quantitative estimate of drug-likeness (QED) is 0.629. The van der Waals surface area contributed by atoms with E-state index < -0.39 is 15.8 Å². The lowest BCUT2D eigenvalue weighted by molar-refractivity contribution is -0.130. The monoisotopic (exact) mass is 424 g/mol. The zero-order valence-electron chi connectivity index (χ0n) is 16.2. The maximum absolute atomic E-state index is 13.3. The van der Waals surface area contributed by atoms with Crippen molar-refractivity contribution < 1.29 is 17.6 Å². The summed E-state index contributed by atoms with van der Waals surface area (Å²) in [5.41, 5.74) is 2.66. The molecule has 4 rings (SSSR count). The maximum Gasteiger partial charge on any atom is 0.264 e. The molecule has 0 saturated heterocycles. The number of carbonyl (C=O) groups excluding carboxylic acids is 1. The molecule has 0 saturated carbocycles. The molecule has 3 aromatic rings. The van der Waals surface area contributed by atoms with Crippen LogP contribution in [0.4, 0.5) is 10.1 Å². The van der Waals surface area contributed by atoms with Gasteiger partial charge in [0.25, 0.3) is 10.0 Å². The van der Waals surface area contributed by atoms with Gasteiger partial charge in [0.2, 0.25) is 5.91 Å². The van der Waals surface area contributed by atoms with E-state index >= 15 is 0 Å². The van der Waals surface area contributed by atoms with E-state index in [4.69, 9.17) is 0 Å². The average Bonchev–Trinajstić information content (AvgIpc) is 2.77. The molecule has 3 aromatic carbocycles. The Morgan fingerprint density at radius 1 is 0.900 bits per heavy atom. The molecule has 30 heavy (non-hydrogen) atoms. The van der Waals surface area contributed by atoms with E-state index in [2.05, 4.69) is 0 Å². The summed E-state index contributed by atoms with van der Waals surface area (Å²) in [5, 5.41) is 0. The molecule has 5 nitrogen and oxygen atoms in total. The molecule has 1 aliphatic heterocycles. The first-order chi connectivity index (χ1) is 14.4. The molecule has 0 fully saturated rings. The van der Waals surface area contributed by atoms with Gasteiger partial charge in [-0.2, -0.15) is 0 Å². The van der Waals surface area contributed by atoms with Crippen LogP contribution >= 0.6 is 0 Å². The Bertz CT molecular complexity index is 1150. The second kappa shape index (κ2) is 8.28. The van der Waals surface area contributed by atoms with Crippen molar-refractivity contribution in [2.45, 2.75) is 17.9 Å². The highest BCUT2D eigenvalue weighted by atomic mass is 32.2. The highest BCUT2D eigenvalue weighted by Crippen LogP contribution is 2.25. The molecule has 0 spiro atoms. The number of anilines is 1. The van der Waals surface area contributed by atoms with Gasteiger partial charge in [-0.15, -0.1) is 0 Å². The first kappa shape index (κ1) is 20.1. The van der Waals surface area contributed by atoms with E-state index in [0.29, 0.717) is 18.8 Å². The van der Waals surface area contributed by atoms with Crippen LogP contribution in [0.2, 0.25) is 0 Å². The minimum Gasteiger partial charge on any atom is -0.336 e. The van der Waals surface area contributed by atoms with Gasteiger partial charge in [0.05, 0.1) is 10.6 Å². The second-order valence-electron chi connectivity index (χ2n) is 7.14. The maximum atomic E-state index is 13.3. The zero-order chi connectivity index (χ0) is 21.1. The molecular formula is C23H21FN2O3S. The summed E-state index contributed by atoms with van der Waals surface area (Å²) in [5.74, 6) is -0.803. The number of hydrogen-bond donors (Lipinski definition) is 0. The molecule has 0 unspecified atom stereocenters. The topological polar surface area (TPSA) is 57.7 Å². The third-order valence-corrected chi connectivity index (χ3v) is 7.00. The lowest BCUT2D eigenvalue weighted by atomic mass is 10.00. The summed E-state index contributed by atoms with van der Waals surface area (Å²) >= 11 is 0. The van der Waals surface area contributed by atoms with Crippen molar-refractivity contribution in [1.29, 1.82) is 0 Å². The van der Waals surface area contributed by atoms with E-state index in [9.17, 15) is 17.6 Å². The molecule has 0 aromatic heterocycles. The summed E-state index contributed by atoms with van der Waals surface area (Å²) in [6.07, 6.45) is 0.734. The highest BCUT2D eigenvalue weighted by molar-refractivity contribution is 7.92. The zero-order valence-corrected chi connectivity index (χ0v) is 17.1. The number of fused-ring (bicyclic) bond motifs is 1. The van der Waals surface area contributed by atoms with Gasteiger partial charge in [-0.25, -0.2) is 12.8 Å². The van der Waals surface area contributed by atoms with Crippen molar-refractivity contribution in [3.63, 3.8) is 0 Å². The Kier molecular flexibility index (Phi) is 5.55. The van der Waals surface area contributed by atoms with Crippen LogP contribution in [0.25, 0.3) is 0 Å². The van der Waals surface area contributed by atoms with Gasteiger partial charge in [-0.05, 0) is 53.9 Å². The van der Waals surface area contributed by atoms with E-state index in [0.717, 1.165) is 28.4 Å². The van der Waals surface area contributed by atoms with Crippen LogP contribution < -0.4 is 4.31 Å². The fourth-order valence-corrected chi connectivity index (χ4v) is 4.99. The third-order valence-electron chi connectivity index (χ3n) is 5.21. The van der Waals surface area contributed by atoms with Gasteiger partial charge in [0, 0.05) is 13.1 Å². The minimum atomic E-state index is -4.05. The fourth-order valence-electron chi connectivity index (χ4n) is 3.57. The van der Waals surface area contributed by atoms with E-state index in [1.54, 1.807) is 35.2 Å². The summed E-state index contributed by atoms with van der Waals surface area (Å²) in [6.45, 7) is 0.662. The van der Waals surface area contributed by atoms with Crippen LogP contribution in [0.5, 0.6) is 0 Å². The molecule has 0 radical (unpaired) electrons. The SMILES string of the molecule is O=C(CN(c1ccccc1)S(=O)(=O)c1ccc(F)cc1)N1CCc2ccccc2C1. The number of hydrogen-bond acceptors (Lipinski definition) is 3. The van der Waals surface area contributed by atoms with Crippen molar-refractivity contribution in [3.05, 3.63) is 95.8 Å². The van der Waals surface area contributed by atoms with Gasteiger partial charge < -0.3 is 4.90 Å². The van der Waals surface area contributed by atoms with Crippen molar-refractivity contribution in [1.82, 2.24) is 4.90 Å². The number of amides is 1. The number of halogens is 1. The number of nitrogens with zero attached hydrogens (tertiary/aromatic N) is 2. The molecule has 0 aliphatic carbocycles. The Morgan fingerprint density at radius 3 is 2.23 bits per heavy atom. The van der Waals surface area contributed by atoms with E-state index in [-0.39, 0.29) is 17.3 Å². The molecule has 1 heterocycles. The Morgan fingerprint density at radius 2 is 1.53 bits per heavy atom. The van der Waals surface area contributed by atoms with Gasteiger partial charge in [-0.1, -0.05) is 42.5 Å². The summed E-state index contributed by atoms with van der Waals surface area (Å²) < 4.78 is 41.0. The standard InChI is InChI=1S/C23H21FN2O3S/c24-20-10-12-22(13-11-20)30(28,29)26(21-8-2-1-3-9-21)17-23(27)25-15-14-18-6-4-5-7-19(18)16-25/h1-13H,14-17H2. The van der Waals surface area contributed by atoms with Crippen molar-refractivity contribution >= 4 is 21.6 Å². The van der Waals surface area contributed by atoms with Crippen LogP contribution in [0.1, 0.15) is 11.1 Å². The molecule has 0 atom stereocenters. The summed E-state index contributed by atoms with van der Waals surface area (Å²) in [4.78, 5) is 14.7. The predicted molar refractivity (Wildman–Crippen MR) is 113 cm³/mol. The lowest BCUT2D eigenvalue weighted by Crippen LogP contribution is -2.44. The molecule has 1 amide bonds. The smallest absolute Gasteiger partial charge is 0.264 e. The first-order valence-electron chi connectivity index (χ1n) is 9.63. The van der Waals surface area contributed by atoms with Crippen LogP contribution in [-0.2, 0) is 27.8 Å². The normalized spacial score (nSPS) is 13.6. The fraction of sp³-hybridized carbons (Fsp3) is 0.174. The minimum absolute atomic E-state index is 0.0652. The van der Waals surface area contributed by atoms with E-state index in [1.165, 1.54) is 17.7 Å². The van der Waals surface area contributed by atoms with Crippen molar-refractivity contribution in [3.8, 4) is 0 Å². The lowest BCUT2D eigenvalue weighted by Gasteiger charge is -2.31. The Labute approximate surface area is 175 Å². The average molecular weight is 424 g/mol. The number of para-hydroxylation sites is 1. The Hall–Kier alpha value is -3.19. The molecule has 0 bridgehead atoms. The van der Waals surface area contributed by atoms with Crippen LogP contribution in [0, 0.1) is 5.82 Å². The van der Waals surface area contributed by atoms with Crippen LogP contribution in [-0.4, -0.2) is 32.3 Å². The van der Waals surface area contributed by atoms with Gasteiger partial charge in [0.1, 0.15) is 12.4 Å². The largest absolute Gasteiger partial charge is 0.336 e. The van der Waals surface area contributed by atoms with Gasteiger partial charge in [0.15, 0.2) is 0 Å². The first-order valence-corrected chi connectivity index (χ1v) is 11.1. The predicted octanol–water partition coefficient (Wildman–Crippen LogP) is 3.61. The van der Waals surface area contributed by atoms with Crippen LogP contribution in [0.3, 0.4) is 0 Å². The molecular weight excluding hydrogens is 403 g/mol. The molecule has 0 N–H and O–H groups in total. The molecule has 154 valence electrons. The van der Waals surface area contributed by atoms with Gasteiger partial charge >= 0.3 is 0 Å². The van der Waals surface area contributed by atoms with Crippen LogP contribution in [0.15, 0.2) is 83.8 Å². The van der Waals surface area contributed by atoms with Gasteiger partial charge in [-0.3, -0.25) is 9.10 Å². The Balaban J connectivity index is 1.63. The molecule has 1 aliphatic rings. The second-order valence-corrected chi connectivity index (χ2v) is 9.00. The summed E-state index contributed by atoms with van der Waals surface area (Å²) in [7, 11) is -4.05. The number of benzene rings is 3. The van der Waals surface area contributed by atoms with E-state index in [1.807, 2.05) is 24.3 Å². The number of sulfonamides is 1. The highest BCUT2D eigenvalue weighted by Gasteiger charge is 2.30. The van der Waals surface area contributed by atoms with Crippen molar-refractivity contribution in [2.24, 2.45) is 0 Å². The van der Waals surface area contributed by atoms with Crippen molar-refractivity contribution in [2.75, 3.05) is 17.4 Å².